The molecule has 1 aromatic heterocycles. The van der Waals surface area contributed by atoms with Crippen LogP contribution in [0.25, 0.3) is 10.8 Å². The Morgan fingerprint density at radius 2 is 1.84 bits per heavy atom. The van der Waals surface area contributed by atoms with Gasteiger partial charge >= 0.3 is 12.2 Å². The fraction of sp³-hybridized carbons (Fsp3) is 0.241. The minimum absolute atomic E-state index is 0.102. The SMILES string of the molecule is O=C1NC(c2cc(F)ccc2Cl)c2c(Nc3nccc4c(C(F)(F)F)cc(F)cc34)cc(C3CNNC3F)c3c2N1CC3. The number of urea groups is 1. The van der Waals surface area contributed by atoms with E-state index in [1.165, 1.54) is 23.1 Å². The standard InChI is InChI=1S/C29H21ClF6N6O/c30-21-2-1-12(31)7-18(21)24-23-22(39-27-17-8-13(32)9-20(29(34,35)36)14(17)3-5-37-27)10-16(19-11-38-41-26(19)33)15-4-6-42(25(15)23)28(43)40-24/h1-3,5,7-10,19,24,26,38,41H,4,6,11H2,(H,37,39)(H,40,43). The van der Waals surface area contributed by atoms with Gasteiger partial charge in [-0.25, -0.2) is 28.4 Å². The maximum Gasteiger partial charge on any atom is 0.417 e. The van der Waals surface area contributed by atoms with Gasteiger partial charge in [0.05, 0.1) is 17.3 Å². The van der Waals surface area contributed by atoms with Crippen LogP contribution >= 0.6 is 11.6 Å². The Morgan fingerprint density at radius 1 is 1.02 bits per heavy atom. The molecule has 1 saturated heterocycles. The summed E-state index contributed by atoms with van der Waals surface area (Å²) in [6, 6.07) is 6.40. The molecule has 222 valence electrons. The van der Waals surface area contributed by atoms with Crippen molar-refractivity contribution in [3.05, 3.63) is 93.1 Å². The monoisotopic (exact) mass is 618 g/mol. The van der Waals surface area contributed by atoms with E-state index in [2.05, 4.69) is 26.5 Å². The van der Waals surface area contributed by atoms with Crippen LogP contribution in [-0.2, 0) is 12.6 Å². The normalized spacial score (nSPS) is 21.3. The summed E-state index contributed by atoms with van der Waals surface area (Å²) in [6.07, 6.45) is -4.74. The Kier molecular flexibility index (Phi) is 6.45. The molecule has 1 fully saturated rings. The summed E-state index contributed by atoms with van der Waals surface area (Å²) < 4.78 is 85.5. The van der Waals surface area contributed by atoms with Gasteiger partial charge in [-0.1, -0.05) is 11.6 Å². The number of pyridine rings is 1. The molecule has 43 heavy (non-hydrogen) atoms. The minimum atomic E-state index is -4.84. The third kappa shape index (κ3) is 4.53. The van der Waals surface area contributed by atoms with E-state index in [9.17, 15) is 26.7 Å². The zero-order valence-electron chi connectivity index (χ0n) is 21.9. The molecule has 7 rings (SSSR count). The molecule has 4 heterocycles. The second kappa shape index (κ2) is 10.00. The topological polar surface area (TPSA) is 81.3 Å². The Hall–Kier alpha value is -4.07. The second-order valence-corrected chi connectivity index (χ2v) is 11.0. The zero-order valence-corrected chi connectivity index (χ0v) is 22.7. The number of fused-ring (bicyclic) bond motifs is 1. The molecule has 4 aromatic rings. The molecular weight excluding hydrogens is 598 g/mol. The molecule has 3 unspecified atom stereocenters. The number of nitrogens with one attached hydrogen (secondary N) is 4. The summed E-state index contributed by atoms with van der Waals surface area (Å²) in [6.45, 7) is 0.510. The minimum Gasteiger partial charge on any atom is -0.339 e. The smallest absolute Gasteiger partial charge is 0.339 e. The van der Waals surface area contributed by atoms with E-state index in [1.807, 2.05) is 0 Å². The number of benzene rings is 3. The van der Waals surface area contributed by atoms with Crippen molar-refractivity contribution in [1.29, 1.82) is 0 Å². The molecule has 2 amide bonds. The van der Waals surface area contributed by atoms with E-state index in [0.29, 0.717) is 34.9 Å². The molecule has 4 N–H and O–H groups in total. The van der Waals surface area contributed by atoms with Gasteiger partial charge in [-0.3, -0.25) is 10.3 Å². The average molecular weight is 619 g/mol. The van der Waals surface area contributed by atoms with Crippen molar-refractivity contribution in [3.8, 4) is 0 Å². The van der Waals surface area contributed by atoms with Crippen LogP contribution in [0.3, 0.4) is 0 Å². The number of amides is 2. The predicted octanol–water partition coefficient (Wildman–Crippen LogP) is 6.59. The van der Waals surface area contributed by atoms with Gasteiger partial charge in [-0.15, -0.1) is 0 Å². The van der Waals surface area contributed by atoms with Gasteiger partial charge < -0.3 is 10.6 Å². The number of carbonyl (C=O) groups is 1. The lowest BCUT2D eigenvalue weighted by Gasteiger charge is -2.36. The van der Waals surface area contributed by atoms with Gasteiger partial charge in [-0.05, 0) is 65.4 Å². The van der Waals surface area contributed by atoms with Crippen LogP contribution in [0.5, 0.6) is 0 Å². The van der Waals surface area contributed by atoms with Crippen LogP contribution < -0.4 is 26.4 Å². The first-order valence-electron chi connectivity index (χ1n) is 13.3. The summed E-state index contributed by atoms with van der Waals surface area (Å²) in [5.41, 5.74) is 6.82. The van der Waals surface area contributed by atoms with Crippen molar-refractivity contribution in [2.75, 3.05) is 23.3 Å². The molecule has 14 heteroatoms. The van der Waals surface area contributed by atoms with E-state index < -0.39 is 47.7 Å². The van der Waals surface area contributed by atoms with E-state index >= 15 is 4.39 Å². The number of alkyl halides is 4. The summed E-state index contributed by atoms with van der Waals surface area (Å²) in [5.74, 6) is -2.49. The molecule has 3 aliphatic rings. The summed E-state index contributed by atoms with van der Waals surface area (Å²) in [5, 5.41) is 5.65. The lowest BCUT2D eigenvalue weighted by Crippen LogP contribution is -2.46. The number of rotatable bonds is 4. The number of aromatic nitrogens is 1. The first-order chi connectivity index (χ1) is 20.5. The Labute approximate surface area is 245 Å². The van der Waals surface area contributed by atoms with Crippen molar-refractivity contribution in [2.45, 2.75) is 30.9 Å². The number of nitrogens with zero attached hydrogens (tertiary/aromatic N) is 2. The first-order valence-corrected chi connectivity index (χ1v) is 13.7. The fourth-order valence-corrected chi connectivity index (χ4v) is 6.50. The number of carbonyl (C=O) groups excluding carboxylic acids is 1. The highest BCUT2D eigenvalue weighted by molar-refractivity contribution is 6.31. The molecule has 0 radical (unpaired) electrons. The maximum absolute atomic E-state index is 15.0. The van der Waals surface area contributed by atoms with Gasteiger partial charge in [-0.2, -0.15) is 13.2 Å². The molecule has 3 aromatic carbocycles. The van der Waals surface area contributed by atoms with Crippen molar-refractivity contribution in [3.63, 3.8) is 0 Å². The Bertz CT molecular complexity index is 1820. The van der Waals surface area contributed by atoms with Crippen LogP contribution in [0, 0.1) is 11.6 Å². The first kappa shape index (κ1) is 27.7. The number of anilines is 3. The maximum atomic E-state index is 15.0. The van der Waals surface area contributed by atoms with Crippen LogP contribution in [0.4, 0.5) is 48.3 Å². The molecular formula is C29H21ClF6N6O. The van der Waals surface area contributed by atoms with Crippen LogP contribution in [-0.4, -0.2) is 30.4 Å². The number of hydrazine groups is 1. The van der Waals surface area contributed by atoms with Crippen molar-refractivity contribution < 1.29 is 31.1 Å². The summed E-state index contributed by atoms with van der Waals surface area (Å²) in [4.78, 5) is 19.0. The van der Waals surface area contributed by atoms with Crippen LogP contribution in [0.1, 0.15) is 39.8 Å². The molecule has 0 aliphatic carbocycles. The lowest BCUT2D eigenvalue weighted by molar-refractivity contribution is -0.136. The van der Waals surface area contributed by atoms with E-state index in [1.54, 1.807) is 6.07 Å². The van der Waals surface area contributed by atoms with Gasteiger partial charge in [0.1, 0.15) is 17.5 Å². The quantitative estimate of drug-likeness (QED) is 0.153. The molecule has 3 atom stereocenters. The molecule has 0 bridgehead atoms. The second-order valence-electron chi connectivity index (χ2n) is 10.6. The molecule has 7 nitrogen and oxygen atoms in total. The third-order valence-electron chi connectivity index (χ3n) is 8.12. The van der Waals surface area contributed by atoms with Crippen LogP contribution in [0.15, 0.2) is 48.7 Å². The molecule has 3 aliphatic heterocycles. The molecule has 0 saturated carbocycles. The van der Waals surface area contributed by atoms with Crippen LogP contribution in [0.2, 0.25) is 5.02 Å². The van der Waals surface area contributed by atoms with E-state index in [-0.39, 0.29) is 46.0 Å². The average Bonchev–Trinajstić information content (AvgIpc) is 3.59. The fourth-order valence-electron chi connectivity index (χ4n) is 6.28. The van der Waals surface area contributed by atoms with E-state index in [0.717, 1.165) is 18.3 Å². The highest BCUT2D eigenvalue weighted by Gasteiger charge is 2.43. The van der Waals surface area contributed by atoms with Crippen molar-refractivity contribution >= 4 is 45.6 Å². The highest BCUT2D eigenvalue weighted by Crippen LogP contribution is 2.50. The summed E-state index contributed by atoms with van der Waals surface area (Å²) >= 11 is 6.48. The number of hydrogen-bond acceptors (Lipinski definition) is 5. The number of halogens is 7. The lowest BCUT2D eigenvalue weighted by atomic mass is 9.85. The Morgan fingerprint density at radius 3 is 2.58 bits per heavy atom. The van der Waals surface area contributed by atoms with Crippen molar-refractivity contribution in [2.24, 2.45) is 0 Å². The van der Waals surface area contributed by atoms with Gasteiger partial charge in [0.15, 0.2) is 6.30 Å². The molecule has 0 spiro atoms. The zero-order chi connectivity index (χ0) is 30.2. The van der Waals surface area contributed by atoms with Gasteiger partial charge in [0.25, 0.3) is 0 Å². The Balaban J connectivity index is 1.49. The summed E-state index contributed by atoms with van der Waals surface area (Å²) in [7, 11) is 0. The highest BCUT2D eigenvalue weighted by atomic mass is 35.5. The van der Waals surface area contributed by atoms with Crippen molar-refractivity contribution in [1.82, 2.24) is 21.2 Å². The van der Waals surface area contributed by atoms with Gasteiger partial charge in [0.2, 0.25) is 0 Å². The van der Waals surface area contributed by atoms with Gasteiger partial charge in [0, 0.05) is 52.4 Å². The third-order valence-corrected chi connectivity index (χ3v) is 8.47. The largest absolute Gasteiger partial charge is 0.417 e. The predicted molar refractivity (Wildman–Crippen MR) is 148 cm³/mol. The number of hydrogen-bond donors (Lipinski definition) is 4. The van der Waals surface area contributed by atoms with E-state index in [4.69, 9.17) is 11.6 Å².